The summed E-state index contributed by atoms with van der Waals surface area (Å²) in [6.45, 7) is 8.51. The molecule has 0 amide bonds. The maximum Gasteiger partial charge on any atom is 0.390 e. The van der Waals surface area contributed by atoms with Crippen LogP contribution in [0.4, 0.5) is 13.2 Å². The first kappa shape index (κ1) is 16.1. The zero-order chi connectivity index (χ0) is 14.8. The molecule has 118 valence electrons. The third-order valence-corrected chi connectivity index (χ3v) is 5.13. The number of fused-ring (bicyclic) bond motifs is 1. The minimum absolute atomic E-state index is 0.185. The van der Waals surface area contributed by atoms with Gasteiger partial charge in [-0.1, -0.05) is 26.7 Å². The minimum Gasteiger partial charge on any atom is -0.316 e. The highest BCUT2D eigenvalue weighted by atomic mass is 19.4. The van der Waals surface area contributed by atoms with Crippen LogP contribution in [-0.2, 0) is 0 Å². The average Bonchev–Trinajstić information content (AvgIpc) is 2.85. The van der Waals surface area contributed by atoms with Crippen molar-refractivity contribution in [3.05, 3.63) is 0 Å². The molecule has 0 bridgehead atoms. The van der Waals surface area contributed by atoms with Gasteiger partial charge in [0.15, 0.2) is 0 Å². The molecule has 1 aliphatic carbocycles. The summed E-state index contributed by atoms with van der Waals surface area (Å²) in [5.74, 6) is 2.78. The first-order valence-electron chi connectivity index (χ1n) is 7.94. The molecule has 0 aromatic rings. The van der Waals surface area contributed by atoms with Crippen LogP contribution in [0.3, 0.4) is 0 Å². The molecule has 1 N–H and O–H groups in total. The molecule has 2 aliphatic rings. The second-order valence-corrected chi connectivity index (χ2v) is 6.46. The van der Waals surface area contributed by atoms with Crippen molar-refractivity contribution in [1.29, 1.82) is 0 Å². The predicted octanol–water partition coefficient (Wildman–Crippen LogP) is 3.14. The Kier molecular flexibility index (Phi) is 5.35. The van der Waals surface area contributed by atoms with Crippen LogP contribution in [0.15, 0.2) is 0 Å². The number of halogens is 3. The van der Waals surface area contributed by atoms with Crippen LogP contribution in [0.2, 0.25) is 0 Å². The summed E-state index contributed by atoms with van der Waals surface area (Å²) in [4.78, 5) is 1.99. The summed E-state index contributed by atoms with van der Waals surface area (Å²) in [5, 5.41) is 3.55. The highest BCUT2D eigenvalue weighted by Crippen LogP contribution is 2.51. The molecule has 2 atom stereocenters. The van der Waals surface area contributed by atoms with Crippen molar-refractivity contribution in [2.24, 2.45) is 23.7 Å². The van der Waals surface area contributed by atoms with E-state index in [2.05, 4.69) is 19.2 Å². The first-order valence-corrected chi connectivity index (χ1v) is 7.94. The van der Waals surface area contributed by atoms with Crippen molar-refractivity contribution in [2.45, 2.75) is 39.3 Å². The SMILES string of the molecule is CCC(CC)CNCC1C2CN(CCC(F)(F)F)CC12. The number of rotatable bonds is 8. The summed E-state index contributed by atoms with van der Waals surface area (Å²) in [5.41, 5.74) is 0. The van der Waals surface area contributed by atoms with Gasteiger partial charge < -0.3 is 10.2 Å². The van der Waals surface area contributed by atoms with Gasteiger partial charge in [0.25, 0.3) is 0 Å². The summed E-state index contributed by atoms with van der Waals surface area (Å²) >= 11 is 0. The molecule has 0 radical (unpaired) electrons. The van der Waals surface area contributed by atoms with E-state index < -0.39 is 12.6 Å². The van der Waals surface area contributed by atoms with Crippen molar-refractivity contribution >= 4 is 0 Å². The van der Waals surface area contributed by atoms with Crippen molar-refractivity contribution in [2.75, 3.05) is 32.7 Å². The molecule has 0 spiro atoms. The third kappa shape index (κ3) is 4.35. The Morgan fingerprint density at radius 2 is 1.75 bits per heavy atom. The Morgan fingerprint density at radius 1 is 1.15 bits per heavy atom. The lowest BCUT2D eigenvalue weighted by atomic mass is 10.0. The third-order valence-electron chi connectivity index (χ3n) is 5.13. The summed E-state index contributed by atoms with van der Waals surface area (Å²) < 4.78 is 36.5. The van der Waals surface area contributed by atoms with E-state index in [-0.39, 0.29) is 6.54 Å². The molecule has 2 rings (SSSR count). The molecule has 1 saturated carbocycles. The van der Waals surface area contributed by atoms with Crippen molar-refractivity contribution < 1.29 is 13.2 Å². The second-order valence-electron chi connectivity index (χ2n) is 6.46. The Bertz CT molecular complexity index is 290. The molecule has 1 saturated heterocycles. The lowest BCUT2D eigenvalue weighted by Crippen LogP contribution is -2.31. The minimum atomic E-state index is -4.01. The van der Waals surface area contributed by atoms with Crippen LogP contribution in [0.5, 0.6) is 0 Å². The van der Waals surface area contributed by atoms with E-state index in [0.29, 0.717) is 17.8 Å². The fourth-order valence-electron chi connectivity index (χ4n) is 3.54. The molecule has 2 fully saturated rings. The molecular formula is C15H27F3N2. The molecule has 2 unspecified atom stereocenters. The molecular weight excluding hydrogens is 265 g/mol. The van der Waals surface area contributed by atoms with Crippen molar-refractivity contribution in [3.8, 4) is 0 Å². The molecule has 20 heavy (non-hydrogen) atoms. The molecule has 1 heterocycles. The fraction of sp³-hybridized carbons (Fsp3) is 1.00. The van der Waals surface area contributed by atoms with Gasteiger partial charge in [-0.25, -0.2) is 0 Å². The quantitative estimate of drug-likeness (QED) is 0.739. The van der Waals surface area contributed by atoms with Crippen LogP contribution in [0.25, 0.3) is 0 Å². The number of hydrogen-bond donors (Lipinski definition) is 1. The Hall–Kier alpha value is -0.290. The number of nitrogens with one attached hydrogen (secondary N) is 1. The van der Waals surface area contributed by atoms with E-state index in [4.69, 9.17) is 0 Å². The Morgan fingerprint density at radius 3 is 2.25 bits per heavy atom. The number of piperidine rings is 1. The van der Waals surface area contributed by atoms with Gasteiger partial charge in [-0.2, -0.15) is 13.2 Å². The van der Waals surface area contributed by atoms with Crippen LogP contribution in [0, 0.1) is 23.7 Å². The smallest absolute Gasteiger partial charge is 0.316 e. The molecule has 5 heteroatoms. The number of alkyl halides is 3. The van der Waals surface area contributed by atoms with Crippen LogP contribution in [-0.4, -0.2) is 43.8 Å². The van der Waals surface area contributed by atoms with E-state index >= 15 is 0 Å². The predicted molar refractivity (Wildman–Crippen MR) is 74.5 cm³/mol. The largest absolute Gasteiger partial charge is 0.390 e. The Labute approximate surface area is 120 Å². The van der Waals surface area contributed by atoms with E-state index in [9.17, 15) is 13.2 Å². The zero-order valence-corrected chi connectivity index (χ0v) is 12.5. The van der Waals surface area contributed by atoms with E-state index in [1.54, 1.807) is 0 Å². The summed E-state index contributed by atoms with van der Waals surface area (Å²) in [6, 6.07) is 0. The molecule has 2 nitrogen and oxygen atoms in total. The summed E-state index contributed by atoms with van der Waals surface area (Å²) in [7, 11) is 0. The normalized spacial score (nSPS) is 30.0. The highest BCUT2D eigenvalue weighted by molar-refractivity contribution is 5.05. The topological polar surface area (TPSA) is 15.3 Å². The maximum atomic E-state index is 12.2. The van der Waals surface area contributed by atoms with Crippen molar-refractivity contribution in [1.82, 2.24) is 10.2 Å². The van der Waals surface area contributed by atoms with Gasteiger partial charge in [-0.05, 0) is 36.8 Å². The molecule has 0 aromatic heterocycles. The standard InChI is InChI=1S/C15H27F3N2/c1-3-11(4-2)7-19-8-12-13-9-20(10-14(12)13)6-5-15(16,17)18/h11-14,19H,3-10H2,1-2H3. The highest BCUT2D eigenvalue weighted by Gasteiger charge is 2.54. The zero-order valence-electron chi connectivity index (χ0n) is 12.5. The molecule has 0 aromatic carbocycles. The molecule has 1 aliphatic heterocycles. The van der Waals surface area contributed by atoms with Gasteiger partial charge in [0.2, 0.25) is 0 Å². The lowest BCUT2D eigenvalue weighted by Gasteiger charge is -2.20. The first-order chi connectivity index (χ1) is 9.44. The van der Waals surface area contributed by atoms with Crippen molar-refractivity contribution in [3.63, 3.8) is 0 Å². The second kappa shape index (κ2) is 6.65. The van der Waals surface area contributed by atoms with Crippen LogP contribution < -0.4 is 5.32 Å². The van der Waals surface area contributed by atoms with Gasteiger partial charge in [-0.3, -0.25) is 0 Å². The Balaban J connectivity index is 1.57. The van der Waals surface area contributed by atoms with Gasteiger partial charge in [0.05, 0.1) is 6.42 Å². The van der Waals surface area contributed by atoms with E-state index in [0.717, 1.165) is 32.1 Å². The van der Waals surface area contributed by atoms with Gasteiger partial charge >= 0.3 is 6.18 Å². The average molecular weight is 292 g/mol. The number of hydrogen-bond acceptors (Lipinski definition) is 2. The van der Waals surface area contributed by atoms with Gasteiger partial charge in [-0.15, -0.1) is 0 Å². The van der Waals surface area contributed by atoms with Gasteiger partial charge in [0, 0.05) is 19.6 Å². The maximum absolute atomic E-state index is 12.2. The van der Waals surface area contributed by atoms with E-state index in [1.807, 2.05) is 4.90 Å². The summed E-state index contributed by atoms with van der Waals surface area (Å²) in [6.07, 6.45) is -2.24. The number of nitrogens with zero attached hydrogens (tertiary/aromatic N) is 1. The number of likely N-dealkylation sites (tertiary alicyclic amines) is 1. The van der Waals surface area contributed by atoms with E-state index in [1.165, 1.54) is 12.8 Å². The van der Waals surface area contributed by atoms with Gasteiger partial charge in [0.1, 0.15) is 0 Å². The monoisotopic (exact) mass is 292 g/mol. The lowest BCUT2D eigenvalue weighted by molar-refractivity contribution is -0.137. The van der Waals surface area contributed by atoms with Crippen LogP contribution in [0.1, 0.15) is 33.1 Å². The fourth-order valence-corrected chi connectivity index (χ4v) is 3.54. The van der Waals surface area contributed by atoms with Crippen LogP contribution >= 0.6 is 0 Å².